The lowest BCUT2D eigenvalue weighted by Crippen LogP contribution is -3.07. The van der Waals surface area contributed by atoms with Crippen LogP contribution in [0.25, 0.3) is 0 Å². The van der Waals surface area contributed by atoms with Crippen molar-refractivity contribution in [3.63, 3.8) is 0 Å². The molecule has 310 valence electrons. The van der Waals surface area contributed by atoms with Gasteiger partial charge in [-0.15, -0.1) is 0 Å². The van der Waals surface area contributed by atoms with Gasteiger partial charge in [-0.05, 0) is 0 Å². The molecule has 0 unspecified atom stereocenters. The van der Waals surface area contributed by atoms with Crippen LogP contribution in [0.1, 0.15) is 0 Å². The largest absolute Gasteiger partial charge is 0.121 e. The monoisotopic (exact) mass is 910 g/mol. The first-order valence-corrected chi connectivity index (χ1v) is 35.6. The van der Waals surface area contributed by atoms with Crippen LogP contribution in [0.5, 0.6) is 0 Å². The maximum atomic E-state index is 2.59. The van der Waals surface area contributed by atoms with Crippen molar-refractivity contribution >= 4 is 89.8 Å². The molecule has 65 heavy (non-hydrogen) atoms. The molecule has 0 bridgehead atoms. The Bertz CT molecular complexity index is 2630. The highest BCUT2D eigenvalue weighted by Crippen LogP contribution is 2.34. The van der Waals surface area contributed by atoms with Crippen molar-refractivity contribution in [1.29, 1.82) is 0 Å². The molecular weight excluding hydrogens is 861 g/mol. The van der Waals surface area contributed by atoms with Gasteiger partial charge in [-0.3, -0.25) is 0 Å². The molecule has 0 aliphatic rings. The van der Waals surface area contributed by atoms with Crippen molar-refractivity contribution in [3.05, 3.63) is 303 Å². The van der Waals surface area contributed by atoms with E-state index in [4.69, 9.17) is 0 Å². The van der Waals surface area contributed by atoms with Crippen LogP contribution in [-0.4, -0.2) is 38.0 Å². The third kappa shape index (κ3) is 7.26. The van der Waals surface area contributed by atoms with Crippen LogP contribution >= 0.6 is 0 Å². The molecule has 0 aliphatic carbocycles. The van der Waals surface area contributed by atoms with E-state index in [9.17, 15) is 0 Å². The molecule has 2 radical (unpaired) electrons. The Kier molecular flexibility index (Phi) is 12.5. The zero-order valence-electron chi connectivity index (χ0n) is 36.4. The molecule has 0 atom stereocenters. The normalized spacial score (nSPS) is 12.0. The second kappa shape index (κ2) is 19.2. The van der Waals surface area contributed by atoms with Crippen molar-refractivity contribution in [2.45, 2.75) is 0 Å². The molecule has 0 amide bonds. The van der Waals surface area contributed by atoms with Crippen LogP contribution in [0.3, 0.4) is 0 Å². The molecule has 0 saturated heterocycles. The van der Waals surface area contributed by atoms with E-state index in [2.05, 4.69) is 303 Å². The summed E-state index contributed by atoms with van der Waals surface area (Å²) in [6.07, 6.45) is 0. The first-order valence-electron chi connectivity index (χ1n) is 22.6. The molecule has 0 fully saturated rings. The van der Waals surface area contributed by atoms with Crippen LogP contribution in [0.2, 0.25) is 0 Å². The fraction of sp³-hybridized carbons (Fsp3) is 0. The van der Waals surface area contributed by atoms with Crippen molar-refractivity contribution in [2.75, 3.05) is 0 Å². The summed E-state index contributed by atoms with van der Waals surface area (Å²) in [6, 6.07) is 120. The molecule has 0 aromatic heterocycles. The summed E-state index contributed by atoms with van der Waals surface area (Å²) in [5, 5.41) is 14.9. The second-order valence-corrected chi connectivity index (χ2v) is 49.4. The smallest absolute Gasteiger partial charge is 0.0631 e. The van der Waals surface area contributed by atoms with Crippen LogP contribution < -0.4 is 51.9 Å². The van der Waals surface area contributed by atoms with Crippen molar-refractivity contribution in [3.8, 4) is 0 Å². The molecule has 0 aliphatic heterocycles. The third-order valence-corrected chi connectivity index (χ3v) is 75.6. The second-order valence-electron chi connectivity index (χ2n) is 16.7. The van der Waals surface area contributed by atoms with Crippen molar-refractivity contribution in [1.82, 2.24) is 0 Å². The van der Waals surface area contributed by atoms with E-state index in [0.717, 1.165) is 0 Å². The summed E-state index contributed by atoms with van der Waals surface area (Å²) in [4.78, 5) is 0. The van der Waals surface area contributed by atoms with E-state index in [1.165, 1.54) is 51.9 Å². The Balaban J connectivity index is 1.62. The first kappa shape index (κ1) is 42.2. The van der Waals surface area contributed by atoms with Gasteiger partial charge in [-0.1, -0.05) is 355 Å². The fourth-order valence-corrected chi connectivity index (χ4v) is 105. The van der Waals surface area contributed by atoms with Gasteiger partial charge in [0.25, 0.3) is 0 Å². The topological polar surface area (TPSA) is 0 Å². The average Bonchev–Trinajstić information content (AvgIpc) is 3.41. The zero-order valence-corrected chi connectivity index (χ0v) is 41.4. The summed E-state index contributed by atoms with van der Waals surface area (Å²) in [5.41, 5.74) is 0. The van der Waals surface area contributed by atoms with Gasteiger partial charge < -0.3 is 0 Å². The minimum Gasteiger partial charge on any atom is -0.0631 e. The van der Waals surface area contributed by atoms with Crippen LogP contribution in [0.4, 0.5) is 0 Å². The van der Waals surface area contributed by atoms with Gasteiger partial charge in [0.15, 0.2) is 0 Å². The van der Waals surface area contributed by atoms with Gasteiger partial charge in [0.2, 0.25) is 0 Å². The SMILES string of the molecule is c1ccc([Si](c2ccccc2)[Si](c2ccccc2)(c2ccccc2)[Si](c2ccccc2)(c2ccccc2)[Si](c2ccccc2)(c2ccccc2)[Si](c2ccccc2)c2ccccc2)cc1. The highest BCUT2D eigenvalue weighted by molar-refractivity contribution is 8.04. The van der Waals surface area contributed by atoms with Gasteiger partial charge in [0.05, 0.1) is 0 Å². The van der Waals surface area contributed by atoms with Gasteiger partial charge in [-0.25, -0.2) is 0 Å². The number of hydrogen-bond acceptors (Lipinski definition) is 0. The minimum atomic E-state index is -3.56. The lowest BCUT2D eigenvalue weighted by Gasteiger charge is -2.62. The predicted octanol–water partition coefficient (Wildman–Crippen LogP) is 6.71. The average molecular weight is 911 g/mol. The van der Waals surface area contributed by atoms with E-state index in [1.807, 2.05) is 0 Å². The molecule has 0 nitrogen and oxygen atoms in total. The van der Waals surface area contributed by atoms with Crippen LogP contribution in [0.15, 0.2) is 303 Å². The van der Waals surface area contributed by atoms with Gasteiger partial charge >= 0.3 is 0 Å². The number of rotatable bonds is 14. The molecule has 0 saturated carbocycles. The van der Waals surface area contributed by atoms with E-state index >= 15 is 0 Å². The summed E-state index contributed by atoms with van der Waals surface area (Å²) in [7, 11) is -14.0. The number of benzene rings is 10. The summed E-state index contributed by atoms with van der Waals surface area (Å²) < 4.78 is 0. The number of hydrogen-bond donors (Lipinski definition) is 0. The summed E-state index contributed by atoms with van der Waals surface area (Å²) >= 11 is 0. The maximum Gasteiger partial charge on any atom is 0.121 e. The fourth-order valence-electron chi connectivity index (χ4n) is 11.2. The lowest BCUT2D eigenvalue weighted by atomic mass is 10.4. The quantitative estimate of drug-likeness (QED) is 0.107. The highest BCUT2D eigenvalue weighted by atomic mass is 29.9. The molecule has 10 aromatic carbocycles. The van der Waals surface area contributed by atoms with Gasteiger partial charge in [-0.2, -0.15) is 0 Å². The van der Waals surface area contributed by atoms with Crippen LogP contribution in [0, 0.1) is 0 Å². The molecular formula is C60H50Si5. The molecule has 10 rings (SSSR count). The molecule has 0 spiro atoms. The summed E-state index contributed by atoms with van der Waals surface area (Å²) in [5.74, 6) is 0. The Morgan fingerprint density at radius 3 is 0.508 bits per heavy atom. The molecule has 0 N–H and O–H groups in total. The van der Waals surface area contributed by atoms with Gasteiger partial charge in [0, 0.05) is 0 Å². The van der Waals surface area contributed by atoms with E-state index in [1.54, 1.807) is 0 Å². The zero-order chi connectivity index (χ0) is 43.8. The molecule has 0 heterocycles. The Labute approximate surface area is 390 Å². The van der Waals surface area contributed by atoms with E-state index < -0.39 is 38.0 Å². The Morgan fingerprint density at radius 1 is 0.169 bits per heavy atom. The Hall–Kier alpha value is -6.72. The Morgan fingerprint density at radius 2 is 0.323 bits per heavy atom. The standard InChI is InChI=1S/C60H50Si5/c1-11-31-51(32-12-1)61(52-33-13-2-14-34-52)63(55-39-19-5-20-40-55,56-41-21-6-22-42-56)65(59-47-27-9-28-48-59,60-49-29-10-30-50-60)64(57-43-23-7-24-44-57,58-45-25-8-26-46-58)62(53-35-15-3-16-36-53)54-37-17-4-18-38-54/h1-50H. The van der Waals surface area contributed by atoms with Gasteiger partial charge in [0.1, 0.15) is 38.0 Å². The van der Waals surface area contributed by atoms with Crippen molar-refractivity contribution in [2.24, 2.45) is 0 Å². The first-order chi connectivity index (χ1) is 32.3. The molecule has 10 aromatic rings. The summed E-state index contributed by atoms with van der Waals surface area (Å²) in [6.45, 7) is 0. The lowest BCUT2D eigenvalue weighted by molar-refractivity contribution is 1.69. The minimum absolute atomic E-state index is 1.46. The maximum absolute atomic E-state index is 3.56. The van der Waals surface area contributed by atoms with Crippen LogP contribution in [-0.2, 0) is 0 Å². The highest BCUT2D eigenvalue weighted by Gasteiger charge is 2.76. The van der Waals surface area contributed by atoms with E-state index in [-0.39, 0.29) is 0 Å². The third-order valence-electron chi connectivity index (χ3n) is 13.4. The predicted molar refractivity (Wildman–Crippen MR) is 290 cm³/mol. The van der Waals surface area contributed by atoms with Crippen molar-refractivity contribution < 1.29 is 0 Å². The molecule has 5 heteroatoms. The van der Waals surface area contributed by atoms with E-state index in [0.29, 0.717) is 0 Å².